The first-order valence-electron chi connectivity index (χ1n) is 11.2. The largest absolute Gasteiger partial charge is 0.469 e. The van der Waals surface area contributed by atoms with E-state index in [2.05, 4.69) is 54.4 Å². The fraction of sp³-hybridized carbons (Fsp3) is 0.222. The van der Waals surface area contributed by atoms with Gasteiger partial charge in [0.15, 0.2) is 5.82 Å². The predicted octanol–water partition coefficient (Wildman–Crippen LogP) is 5.25. The lowest BCUT2D eigenvalue weighted by atomic mass is 9.97. The van der Waals surface area contributed by atoms with Crippen LogP contribution in [0.1, 0.15) is 51.2 Å². The Morgan fingerprint density at radius 2 is 1.66 bits per heavy atom. The van der Waals surface area contributed by atoms with Gasteiger partial charge in [0, 0.05) is 16.0 Å². The molecule has 8 heteroatoms. The Morgan fingerprint density at radius 1 is 1.03 bits per heavy atom. The number of aryl methyl sites for hydroxylation is 2. The number of thiophene rings is 1. The number of fused-ring (bicyclic) bond motifs is 3. The minimum Gasteiger partial charge on any atom is -0.469 e. The third-order valence-corrected chi connectivity index (χ3v) is 7.53. The third-order valence-electron chi connectivity index (χ3n) is 6.33. The summed E-state index contributed by atoms with van der Waals surface area (Å²) in [6.07, 6.45) is 0.0778. The van der Waals surface area contributed by atoms with Crippen LogP contribution in [0.5, 0.6) is 0 Å². The van der Waals surface area contributed by atoms with Crippen molar-refractivity contribution in [1.82, 2.24) is 14.8 Å². The molecule has 0 saturated heterocycles. The van der Waals surface area contributed by atoms with Gasteiger partial charge in [-0.15, -0.1) is 21.5 Å². The molecule has 3 heterocycles. The number of rotatable bonds is 4. The number of methoxy groups -OCH3 is 1. The fourth-order valence-electron chi connectivity index (χ4n) is 4.32. The van der Waals surface area contributed by atoms with Gasteiger partial charge in [-0.05, 0) is 49.6 Å². The van der Waals surface area contributed by atoms with Crippen LogP contribution in [0.15, 0.2) is 53.5 Å². The lowest BCUT2D eigenvalue weighted by Crippen LogP contribution is -2.12. The quantitative estimate of drug-likeness (QED) is 0.371. The number of carbonyl (C=O) groups excluding carboxylic acids is 1. The van der Waals surface area contributed by atoms with Gasteiger partial charge in [-0.25, -0.2) is 0 Å². The van der Waals surface area contributed by atoms with E-state index in [0.717, 1.165) is 44.4 Å². The highest BCUT2D eigenvalue weighted by Crippen LogP contribution is 2.39. The van der Waals surface area contributed by atoms with E-state index in [0.29, 0.717) is 11.4 Å². The minimum absolute atomic E-state index is 0.0778. The molecule has 1 aliphatic heterocycles. The molecular formula is C27H23N5O2S. The summed E-state index contributed by atoms with van der Waals surface area (Å²) in [5, 5.41) is 18.8. The standard InChI is InChI=1S/C27H23N5O2S/c1-15-16(2)35-27-24(15)25(29-22(13-23(33)34-4)26-31-30-17(3)32(26)27)21-11-9-20(10-12-21)19-7-5-18(14-28)6-8-19/h5-12,22H,13H2,1-4H3/t22-/m0/s1. The molecule has 1 atom stereocenters. The van der Waals surface area contributed by atoms with Crippen molar-refractivity contribution in [3.05, 3.63) is 87.3 Å². The molecule has 0 saturated carbocycles. The molecule has 0 N–H and O–H groups in total. The third kappa shape index (κ3) is 3.94. The number of hydrogen-bond donors (Lipinski definition) is 0. The fourth-order valence-corrected chi connectivity index (χ4v) is 5.54. The van der Waals surface area contributed by atoms with Gasteiger partial charge in [0.05, 0.1) is 30.9 Å². The second-order valence-electron chi connectivity index (χ2n) is 8.44. The monoisotopic (exact) mass is 481 g/mol. The molecular weight excluding hydrogens is 458 g/mol. The van der Waals surface area contributed by atoms with Crippen LogP contribution in [0, 0.1) is 32.1 Å². The Labute approximate surface area is 207 Å². The molecule has 1 aliphatic rings. The van der Waals surface area contributed by atoms with Crippen LogP contribution in [-0.2, 0) is 9.53 Å². The van der Waals surface area contributed by atoms with Crippen LogP contribution < -0.4 is 0 Å². The van der Waals surface area contributed by atoms with E-state index < -0.39 is 6.04 Å². The Bertz CT molecular complexity index is 1500. The first-order valence-corrected chi connectivity index (χ1v) is 12.0. The lowest BCUT2D eigenvalue weighted by Gasteiger charge is -2.12. The normalized spacial score (nSPS) is 14.4. The summed E-state index contributed by atoms with van der Waals surface area (Å²) < 4.78 is 6.98. The van der Waals surface area contributed by atoms with E-state index in [4.69, 9.17) is 15.0 Å². The van der Waals surface area contributed by atoms with Gasteiger partial charge in [-0.1, -0.05) is 36.4 Å². The number of esters is 1. The zero-order valence-electron chi connectivity index (χ0n) is 19.9. The molecule has 0 spiro atoms. The van der Waals surface area contributed by atoms with Gasteiger partial charge in [0.1, 0.15) is 16.9 Å². The first kappa shape index (κ1) is 22.7. The van der Waals surface area contributed by atoms with E-state index in [1.807, 2.05) is 35.8 Å². The molecule has 0 unspecified atom stereocenters. The number of aliphatic imine (C=N–C) groups is 1. The van der Waals surface area contributed by atoms with Gasteiger partial charge in [0.25, 0.3) is 0 Å². The van der Waals surface area contributed by atoms with Crippen molar-refractivity contribution >= 4 is 23.0 Å². The number of nitriles is 1. The predicted molar refractivity (Wildman–Crippen MR) is 135 cm³/mol. The number of nitrogens with zero attached hydrogens (tertiary/aromatic N) is 5. The molecule has 0 bridgehead atoms. The van der Waals surface area contributed by atoms with E-state index in [1.165, 1.54) is 12.0 Å². The van der Waals surface area contributed by atoms with E-state index in [1.54, 1.807) is 11.3 Å². The van der Waals surface area contributed by atoms with Gasteiger partial charge >= 0.3 is 5.97 Å². The summed E-state index contributed by atoms with van der Waals surface area (Å²) in [5.41, 5.74) is 6.68. The van der Waals surface area contributed by atoms with Crippen LogP contribution in [0.4, 0.5) is 0 Å². The molecule has 0 amide bonds. The molecule has 174 valence electrons. The Kier molecular flexibility index (Phi) is 5.79. The highest BCUT2D eigenvalue weighted by atomic mass is 32.1. The van der Waals surface area contributed by atoms with Crippen LogP contribution in [-0.4, -0.2) is 33.6 Å². The van der Waals surface area contributed by atoms with Crippen molar-refractivity contribution in [1.29, 1.82) is 5.26 Å². The number of carbonyl (C=O) groups is 1. The van der Waals surface area contributed by atoms with Crippen molar-refractivity contribution < 1.29 is 9.53 Å². The Balaban J connectivity index is 1.65. The smallest absolute Gasteiger partial charge is 0.308 e. The lowest BCUT2D eigenvalue weighted by molar-refractivity contribution is -0.141. The molecule has 2 aromatic carbocycles. The second kappa shape index (κ2) is 8.93. The Hall–Kier alpha value is -4.09. The second-order valence-corrected chi connectivity index (χ2v) is 9.65. The average molecular weight is 482 g/mol. The minimum atomic E-state index is -0.517. The molecule has 7 nitrogen and oxygen atoms in total. The van der Waals surface area contributed by atoms with Gasteiger partial charge in [-0.2, -0.15) is 5.26 Å². The van der Waals surface area contributed by atoms with Crippen LogP contribution in [0.25, 0.3) is 16.1 Å². The summed E-state index contributed by atoms with van der Waals surface area (Å²) >= 11 is 1.68. The molecule has 5 rings (SSSR count). The van der Waals surface area contributed by atoms with Gasteiger partial charge in [-0.3, -0.25) is 14.4 Å². The highest BCUT2D eigenvalue weighted by molar-refractivity contribution is 7.15. The van der Waals surface area contributed by atoms with Crippen LogP contribution in [0.3, 0.4) is 0 Å². The summed E-state index contributed by atoms with van der Waals surface area (Å²) in [6, 6.07) is 17.4. The topological polar surface area (TPSA) is 93.2 Å². The maximum atomic E-state index is 12.3. The van der Waals surface area contributed by atoms with E-state index >= 15 is 0 Å². The van der Waals surface area contributed by atoms with Crippen LogP contribution >= 0.6 is 11.3 Å². The van der Waals surface area contributed by atoms with Crippen LogP contribution in [0.2, 0.25) is 0 Å². The van der Waals surface area contributed by atoms with Crippen molar-refractivity contribution in [2.75, 3.05) is 7.11 Å². The summed E-state index contributed by atoms with van der Waals surface area (Å²) in [7, 11) is 1.38. The van der Waals surface area contributed by atoms with E-state index in [-0.39, 0.29) is 12.4 Å². The van der Waals surface area contributed by atoms with Gasteiger partial charge < -0.3 is 4.74 Å². The van der Waals surface area contributed by atoms with Crippen molar-refractivity contribution in [3.63, 3.8) is 0 Å². The zero-order chi connectivity index (χ0) is 24.7. The first-order chi connectivity index (χ1) is 16.9. The molecule has 0 aliphatic carbocycles. The van der Waals surface area contributed by atoms with Crippen molar-refractivity contribution in [2.24, 2.45) is 4.99 Å². The zero-order valence-corrected chi connectivity index (χ0v) is 20.7. The summed E-state index contributed by atoms with van der Waals surface area (Å²) in [4.78, 5) is 18.6. The SMILES string of the molecule is COC(=O)C[C@@H]1N=C(c2ccc(-c3ccc(C#N)cc3)cc2)c2c(sc(C)c2C)-n2c(C)nnc21. The maximum absolute atomic E-state index is 12.3. The van der Waals surface area contributed by atoms with Crippen molar-refractivity contribution in [3.8, 4) is 22.2 Å². The highest BCUT2D eigenvalue weighted by Gasteiger charge is 2.32. The number of aromatic nitrogens is 3. The van der Waals surface area contributed by atoms with Crippen molar-refractivity contribution in [2.45, 2.75) is 33.2 Å². The number of hydrogen-bond acceptors (Lipinski definition) is 7. The average Bonchev–Trinajstić information content (AvgIpc) is 3.36. The Morgan fingerprint density at radius 3 is 2.29 bits per heavy atom. The number of ether oxygens (including phenoxy) is 1. The molecule has 0 fully saturated rings. The maximum Gasteiger partial charge on any atom is 0.308 e. The number of benzene rings is 2. The molecule has 0 radical (unpaired) electrons. The summed E-state index contributed by atoms with van der Waals surface area (Å²) in [6.45, 7) is 6.12. The van der Waals surface area contributed by atoms with Gasteiger partial charge in [0.2, 0.25) is 0 Å². The molecule has 35 heavy (non-hydrogen) atoms. The van der Waals surface area contributed by atoms with E-state index in [9.17, 15) is 4.79 Å². The molecule has 4 aromatic rings. The summed E-state index contributed by atoms with van der Waals surface area (Å²) in [5.74, 6) is 1.05. The molecule has 2 aromatic heterocycles.